The Labute approximate surface area is 113 Å². The molecule has 0 spiro atoms. The molecule has 0 atom stereocenters. The Kier molecular flexibility index (Phi) is 3.42. The second-order valence-electron chi connectivity index (χ2n) is 5.78. The molecule has 0 bridgehead atoms. The molecule has 1 aromatic carbocycles. The molecule has 0 radical (unpaired) electrons. The Bertz CT molecular complexity index is 521. The number of hydrogen-bond acceptors (Lipinski definition) is 3. The molecule has 19 heavy (non-hydrogen) atoms. The van der Waals surface area contributed by atoms with Crippen LogP contribution in [0, 0.1) is 17.1 Å². The Balaban J connectivity index is 2.34. The highest BCUT2D eigenvalue weighted by molar-refractivity contribution is 6.62. The zero-order valence-electron chi connectivity index (χ0n) is 11.7. The fourth-order valence-electron chi connectivity index (χ4n) is 1.95. The Morgan fingerprint density at radius 2 is 1.79 bits per heavy atom. The van der Waals surface area contributed by atoms with Crippen molar-refractivity contribution in [3.63, 3.8) is 0 Å². The normalized spacial score (nSPS) is 20.3. The molecule has 0 saturated carbocycles. The summed E-state index contributed by atoms with van der Waals surface area (Å²) >= 11 is 0. The van der Waals surface area contributed by atoms with E-state index >= 15 is 0 Å². The number of rotatable bonds is 2. The van der Waals surface area contributed by atoms with Gasteiger partial charge in [-0.15, -0.1) is 0 Å². The monoisotopic (exact) mass is 261 g/mol. The van der Waals surface area contributed by atoms with Gasteiger partial charge in [0, 0.05) is 5.46 Å². The van der Waals surface area contributed by atoms with Crippen molar-refractivity contribution >= 4 is 12.6 Å². The van der Waals surface area contributed by atoms with Gasteiger partial charge in [0.25, 0.3) is 0 Å². The average Bonchev–Trinajstić information content (AvgIpc) is 2.51. The summed E-state index contributed by atoms with van der Waals surface area (Å²) in [6, 6.07) is 6.65. The van der Waals surface area contributed by atoms with Gasteiger partial charge < -0.3 is 9.31 Å². The lowest BCUT2D eigenvalue weighted by Crippen LogP contribution is -2.41. The van der Waals surface area contributed by atoms with Crippen molar-refractivity contribution in [2.75, 3.05) is 0 Å². The van der Waals surface area contributed by atoms with Crippen LogP contribution >= 0.6 is 0 Å². The van der Waals surface area contributed by atoms with E-state index in [4.69, 9.17) is 14.6 Å². The highest BCUT2D eigenvalue weighted by atomic mass is 19.1. The molecule has 0 aliphatic carbocycles. The van der Waals surface area contributed by atoms with E-state index in [1.807, 2.05) is 33.8 Å². The van der Waals surface area contributed by atoms with Crippen LogP contribution in [0.2, 0.25) is 0 Å². The molecule has 2 rings (SSSR count). The van der Waals surface area contributed by atoms with Crippen molar-refractivity contribution in [1.82, 2.24) is 0 Å². The van der Waals surface area contributed by atoms with Gasteiger partial charge in [-0.25, -0.2) is 4.39 Å². The molecule has 0 unspecified atom stereocenters. The average molecular weight is 261 g/mol. The molecule has 3 nitrogen and oxygen atoms in total. The second kappa shape index (κ2) is 4.62. The first-order chi connectivity index (χ1) is 8.77. The van der Waals surface area contributed by atoms with E-state index in [1.165, 1.54) is 6.07 Å². The van der Waals surface area contributed by atoms with Crippen molar-refractivity contribution in [2.45, 2.75) is 45.3 Å². The summed E-state index contributed by atoms with van der Waals surface area (Å²) in [4.78, 5) is 0. The summed E-state index contributed by atoms with van der Waals surface area (Å²) < 4.78 is 25.6. The van der Waals surface area contributed by atoms with Crippen LogP contribution in [-0.4, -0.2) is 18.3 Å². The molecule has 1 saturated heterocycles. The van der Waals surface area contributed by atoms with Gasteiger partial charge in [-0.1, -0.05) is 12.1 Å². The lowest BCUT2D eigenvalue weighted by Gasteiger charge is -2.32. The van der Waals surface area contributed by atoms with E-state index in [1.54, 1.807) is 12.1 Å². The maximum Gasteiger partial charge on any atom is 0.497 e. The minimum Gasteiger partial charge on any atom is -0.399 e. The molecular formula is C14H17BFNO2. The van der Waals surface area contributed by atoms with Gasteiger partial charge in [-0.2, -0.15) is 5.26 Å². The van der Waals surface area contributed by atoms with Gasteiger partial charge in [0.1, 0.15) is 5.82 Å². The lowest BCUT2D eigenvalue weighted by atomic mass is 9.77. The van der Waals surface area contributed by atoms with Crippen molar-refractivity contribution in [2.24, 2.45) is 0 Å². The zero-order chi connectivity index (χ0) is 14.3. The van der Waals surface area contributed by atoms with Crippen LogP contribution in [0.4, 0.5) is 4.39 Å². The van der Waals surface area contributed by atoms with E-state index in [0.717, 1.165) is 5.56 Å². The van der Waals surface area contributed by atoms with Gasteiger partial charge in [0.15, 0.2) is 0 Å². The first-order valence-electron chi connectivity index (χ1n) is 6.28. The van der Waals surface area contributed by atoms with Crippen molar-refractivity contribution in [1.29, 1.82) is 5.26 Å². The molecule has 1 heterocycles. The smallest absolute Gasteiger partial charge is 0.399 e. The van der Waals surface area contributed by atoms with E-state index < -0.39 is 18.3 Å². The summed E-state index contributed by atoms with van der Waals surface area (Å²) in [5.74, 6) is -0.375. The summed E-state index contributed by atoms with van der Waals surface area (Å²) in [5, 5.41) is 8.71. The van der Waals surface area contributed by atoms with Gasteiger partial charge >= 0.3 is 7.12 Å². The van der Waals surface area contributed by atoms with Gasteiger partial charge in [0.2, 0.25) is 0 Å². The van der Waals surface area contributed by atoms with Crippen LogP contribution in [-0.2, 0) is 15.7 Å². The number of nitrogens with zero attached hydrogens (tertiary/aromatic N) is 1. The lowest BCUT2D eigenvalue weighted by molar-refractivity contribution is 0.00578. The third-order valence-corrected chi connectivity index (χ3v) is 3.85. The highest BCUT2D eigenvalue weighted by Crippen LogP contribution is 2.36. The molecule has 1 aliphatic heterocycles. The van der Waals surface area contributed by atoms with Gasteiger partial charge in [-0.05, 0) is 39.3 Å². The summed E-state index contributed by atoms with van der Waals surface area (Å²) in [6.07, 6.45) is 0.243. The van der Waals surface area contributed by atoms with Crippen LogP contribution in [0.5, 0.6) is 0 Å². The molecular weight excluding hydrogens is 244 g/mol. The third kappa shape index (κ3) is 2.51. The molecule has 5 heteroatoms. The van der Waals surface area contributed by atoms with Crippen molar-refractivity contribution in [3.8, 4) is 6.07 Å². The van der Waals surface area contributed by atoms with E-state index in [2.05, 4.69) is 0 Å². The predicted molar refractivity (Wildman–Crippen MR) is 71.4 cm³/mol. The summed E-state index contributed by atoms with van der Waals surface area (Å²) in [5.41, 5.74) is 0.102. The molecule has 0 N–H and O–H groups in total. The molecule has 0 aromatic heterocycles. The fourth-order valence-corrected chi connectivity index (χ4v) is 1.95. The molecule has 1 aliphatic rings. The molecule has 0 amide bonds. The number of nitriles is 1. The Hall–Kier alpha value is -1.38. The standard InChI is InChI=1S/C14H17BFNO2/c1-13(2)14(3,4)19-15(18-13)11-9-10(7-8-17)5-6-12(11)16/h5-6,9H,7H2,1-4H3. The topological polar surface area (TPSA) is 42.2 Å². The maximum absolute atomic E-state index is 13.9. The zero-order valence-corrected chi connectivity index (χ0v) is 11.7. The number of benzene rings is 1. The van der Waals surface area contributed by atoms with E-state index in [9.17, 15) is 4.39 Å². The number of halogens is 1. The van der Waals surface area contributed by atoms with Crippen molar-refractivity contribution < 1.29 is 13.7 Å². The minimum absolute atomic E-state index is 0.243. The first kappa shape index (κ1) is 14.0. The summed E-state index contributed by atoms with van der Waals surface area (Å²) in [7, 11) is -0.733. The van der Waals surface area contributed by atoms with Crippen LogP contribution < -0.4 is 5.46 Å². The highest BCUT2D eigenvalue weighted by Gasteiger charge is 2.52. The van der Waals surface area contributed by atoms with Gasteiger partial charge in [0.05, 0.1) is 23.7 Å². The van der Waals surface area contributed by atoms with Crippen LogP contribution in [0.25, 0.3) is 0 Å². The fraction of sp³-hybridized carbons (Fsp3) is 0.500. The Morgan fingerprint density at radius 3 is 2.32 bits per heavy atom. The minimum atomic E-state index is -0.733. The van der Waals surface area contributed by atoms with Gasteiger partial charge in [-0.3, -0.25) is 0 Å². The third-order valence-electron chi connectivity index (χ3n) is 3.85. The molecule has 1 fully saturated rings. The summed E-state index contributed by atoms with van der Waals surface area (Å²) in [6.45, 7) is 7.68. The van der Waals surface area contributed by atoms with E-state index in [-0.39, 0.29) is 12.2 Å². The predicted octanol–water partition coefficient (Wildman–Crippen LogP) is 2.19. The molecule has 100 valence electrons. The van der Waals surface area contributed by atoms with E-state index in [0.29, 0.717) is 5.46 Å². The second-order valence-corrected chi connectivity index (χ2v) is 5.78. The quantitative estimate of drug-likeness (QED) is 0.766. The van der Waals surface area contributed by atoms with Crippen LogP contribution in [0.15, 0.2) is 18.2 Å². The van der Waals surface area contributed by atoms with Crippen molar-refractivity contribution in [3.05, 3.63) is 29.6 Å². The van der Waals surface area contributed by atoms with Crippen LogP contribution in [0.3, 0.4) is 0 Å². The Morgan fingerprint density at radius 1 is 1.21 bits per heavy atom. The SMILES string of the molecule is CC1(C)OB(c2cc(CC#N)ccc2F)OC1(C)C. The first-order valence-corrected chi connectivity index (χ1v) is 6.28. The number of hydrogen-bond donors (Lipinski definition) is 0. The molecule has 1 aromatic rings. The largest absolute Gasteiger partial charge is 0.497 e. The maximum atomic E-state index is 13.9. The van der Waals surface area contributed by atoms with Crippen LogP contribution in [0.1, 0.15) is 33.3 Å².